The van der Waals surface area contributed by atoms with E-state index in [1.165, 1.54) is 26.0 Å². The molecule has 0 spiro atoms. The first kappa shape index (κ1) is 16.9. The Morgan fingerprint density at radius 3 is 2.57 bits per heavy atom. The molecule has 1 aromatic carbocycles. The third-order valence-electron chi connectivity index (χ3n) is 2.68. The SMILES string of the molecule is CCNC(=O)NC(=O)C(C)Oc1ccc([C@H](C)O)c(F)c1. The molecule has 1 aromatic rings. The molecule has 0 radical (unpaired) electrons. The van der Waals surface area contributed by atoms with E-state index in [4.69, 9.17) is 4.74 Å². The molecule has 3 amide bonds. The monoisotopic (exact) mass is 298 g/mol. The number of aliphatic hydroxyl groups excluding tert-OH is 1. The van der Waals surface area contributed by atoms with Crippen molar-refractivity contribution in [2.75, 3.05) is 6.54 Å². The van der Waals surface area contributed by atoms with E-state index in [2.05, 4.69) is 10.6 Å². The number of hydrogen-bond donors (Lipinski definition) is 3. The molecule has 1 rings (SSSR count). The molecule has 0 heterocycles. The molecule has 0 aliphatic carbocycles. The Labute approximate surface area is 122 Å². The summed E-state index contributed by atoms with van der Waals surface area (Å²) in [4.78, 5) is 22.9. The fourth-order valence-electron chi connectivity index (χ4n) is 1.60. The zero-order valence-electron chi connectivity index (χ0n) is 12.1. The Morgan fingerprint density at radius 1 is 1.38 bits per heavy atom. The second-order valence-corrected chi connectivity index (χ2v) is 4.47. The van der Waals surface area contributed by atoms with Gasteiger partial charge in [0.2, 0.25) is 0 Å². The molecule has 0 aromatic heterocycles. The molecule has 21 heavy (non-hydrogen) atoms. The van der Waals surface area contributed by atoms with Gasteiger partial charge in [0.05, 0.1) is 6.10 Å². The van der Waals surface area contributed by atoms with Crippen molar-refractivity contribution in [2.24, 2.45) is 0 Å². The lowest BCUT2D eigenvalue weighted by Gasteiger charge is -2.15. The minimum absolute atomic E-state index is 0.135. The van der Waals surface area contributed by atoms with Crippen molar-refractivity contribution in [2.45, 2.75) is 33.0 Å². The van der Waals surface area contributed by atoms with Crippen LogP contribution in [0.15, 0.2) is 18.2 Å². The first-order valence-electron chi connectivity index (χ1n) is 6.58. The van der Waals surface area contributed by atoms with Crippen LogP contribution in [0.4, 0.5) is 9.18 Å². The number of benzene rings is 1. The van der Waals surface area contributed by atoms with Crippen LogP contribution in [0.25, 0.3) is 0 Å². The molecule has 2 atom stereocenters. The number of rotatable bonds is 5. The van der Waals surface area contributed by atoms with Crippen molar-refractivity contribution in [3.8, 4) is 5.75 Å². The zero-order chi connectivity index (χ0) is 16.0. The molecule has 0 fully saturated rings. The van der Waals surface area contributed by atoms with E-state index in [1.807, 2.05) is 0 Å². The predicted molar refractivity (Wildman–Crippen MR) is 74.3 cm³/mol. The highest BCUT2D eigenvalue weighted by atomic mass is 19.1. The molecule has 0 aliphatic heterocycles. The van der Waals surface area contributed by atoms with Gasteiger partial charge in [-0.15, -0.1) is 0 Å². The Hall–Kier alpha value is -2.15. The number of carbonyl (C=O) groups is 2. The van der Waals surface area contributed by atoms with Crippen molar-refractivity contribution >= 4 is 11.9 Å². The molecule has 7 heteroatoms. The maximum Gasteiger partial charge on any atom is 0.321 e. The van der Waals surface area contributed by atoms with Crippen LogP contribution >= 0.6 is 0 Å². The summed E-state index contributed by atoms with van der Waals surface area (Å²) >= 11 is 0. The van der Waals surface area contributed by atoms with E-state index >= 15 is 0 Å². The van der Waals surface area contributed by atoms with Crippen molar-refractivity contribution in [1.29, 1.82) is 0 Å². The van der Waals surface area contributed by atoms with E-state index in [1.54, 1.807) is 6.92 Å². The number of aliphatic hydroxyl groups is 1. The molecule has 0 saturated carbocycles. The highest BCUT2D eigenvalue weighted by Crippen LogP contribution is 2.22. The summed E-state index contributed by atoms with van der Waals surface area (Å²) in [5.41, 5.74) is 0.141. The van der Waals surface area contributed by atoms with E-state index in [0.717, 1.165) is 6.07 Å². The maximum atomic E-state index is 13.7. The largest absolute Gasteiger partial charge is 0.481 e. The molecule has 1 unspecified atom stereocenters. The standard InChI is InChI=1S/C14H19FN2O4/c1-4-16-14(20)17-13(19)9(3)21-10-5-6-11(8(2)18)12(15)7-10/h5-9,18H,4H2,1-3H3,(H2,16,17,19,20)/t8-,9?/m0/s1. The Morgan fingerprint density at radius 2 is 2.05 bits per heavy atom. The van der Waals surface area contributed by atoms with Gasteiger partial charge in [0, 0.05) is 18.2 Å². The van der Waals surface area contributed by atoms with Crippen molar-refractivity contribution in [3.63, 3.8) is 0 Å². The molecular weight excluding hydrogens is 279 g/mol. The molecular formula is C14H19FN2O4. The summed E-state index contributed by atoms with van der Waals surface area (Å²) in [7, 11) is 0. The number of urea groups is 1. The van der Waals surface area contributed by atoms with Gasteiger partial charge in [-0.25, -0.2) is 9.18 Å². The third kappa shape index (κ3) is 5.03. The number of carbonyl (C=O) groups excluding carboxylic acids is 2. The van der Waals surface area contributed by atoms with E-state index in [-0.39, 0.29) is 11.3 Å². The number of hydrogen-bond acceptors (Lipinski definition) is 4. The van der Waals surface area contributed by atoms with Gasteiger partial charge in [-0.3, -0.25) is 10.1 Å². The van der Waals surface area contributed by atoms with Gasteiger partial charge in [0.25, 0.3) is 5.91 Å². The Balaban J connectivity index is 2.66. The minimum atomic E-state index is -0.968. The van der Waals surface area contributed by atoms with Gasteiger partial charge >= 0.3 is 6.03 Å². The normalized spacial score (nSPS) is 13.2. The highest BCUT2D eigenvalue weighted by molar-refractivity contribution is 5.96. The Kier molecular flexibility index (Phi) is 6.10. The molecule has 0 aliphatic rings. The number of nitrogens with one attached hydrogen (secondary N) is 2. The summed E-state index contributed by atoms with van der Waals surface area (Å²) in [5.74, 6) is -1.13. The summed E-state index contributed by atoms with van der Waals surface area (Å²) in [6.45, 7) is 4.99. The van der Waals surface area contributed by atoms with Crippen LogP contribution in [0.5, 0.6) is 5.75 Å². The number of halogens is 1. The average Bonchev–Trinajstić information content (AvgIpc) is 2.38. The van der Waals surface area contributed by atoms with Crippen LogP contribution in [-0.4, -0.2) is 29.7 Å². The lowest BCUT2D eigenvalue weighted by Crippen LogP contribution is -2.45. The molecule has 116 valence electrons. The second kappa shape index (κ2) is 7.58. The third-order valence-corrected chi connectivity index (χ3v) is 2.68. The first-order valence-corrected chi connectivity index (χ1v) is 6.58. The van der Waals surface area contributed by atoms with Crippen LogP contribution in [-0.2, 0) is 4.79 Å². The smallest absolute Gasteiger partial charge is 0.321 e. The van der Waals surface area contributed by atoms with Crippen molar-refractivity contribution < 1.29 is 23.8 Å². The lowest BCUT2D eigenvalue weighted by atomic mass is 10.1. The number of imide groups is 1. The summed E-state index contributed by atoms with van der Waals surface area (Å²) < 4.78 is 18.9. The van der Waals surface area contributed by atoms with Crippen LogP contribution in [0.2, 0.25) is 0 Å². The second-order valence-electron chi connectivity index (χ2n) is 4.47. The van der Waals surface area contributed by atoms with Crippen LogP contribution in [0.1, 0.15) is 32.4 Å². The van der Waals surface area contributed by atoms with Crippen molar-refractivity contribution in [1.82, 2.24) is 10.6 Å². The van der Waals surface area contributed by atoms with Gasteiger partial charge in [0.1, 0.15) is 11.6 Å². The molecule has 0 bridgehead atoms. The van der Waals surface area contributed by atoms with E-state index in [9.17, 15) is 19.1 Å². The summed E-state index contributed by atoms with van der Waals surface area (Å²) in [6, 6.07) is 3.29. The van der Waals surface area contributed by atoms with Crippen LogP contribution in [0, 0.1) is 5.82 Å². The topological polar surface area (TPSA) is 87.7 Å². The van der Waals surface area contributed by atoms with Gasteiger partial charge in [-0.2, -0.15) is 0 Å². The average molecular weight is 298 g/mol. The minimum Gasteiger partial charge on any atom is -0.481 e. The van der Waals surface area contributed by atoms with E-state index < -0.39 is 30.0 Å². The van der Waals surface area contributed by atoms with Gasteiger partial charge in [-0.05, 0) is 32.9 Å². The number of amides is 3. The van der Waals surface area contributed by atoms with Crippen molar-refractivity contribution in [3.05, 3.63) is 29.6 Å². The van der Waals surface area contributed by atoms with E-state index in [0.29, 0.717) is 6.54 Å². The van der Waals surface area contributed by atoms with Gasteiger partial charge in [-0.1, -0.05) is 0 Å². The molecule has 6 nitrogen and oxygen atoms in total. The van der Waals surface area contributed by atoms with Crippen LogP contribution < -0.4 is 15.4 Å². The first-order chi connectivity index (χ1) is 9.85. The lowest BCUT2D eigenvalue weighted by molar-refractivity contribution is -0.126. The van der Waals surface area contributed by atoms with Gasteiger partial charge in [0.15, 0.2) is 6.10 Å². The van der Waals surface area contributed by atoms with Crippen LogP contribution in [0.3, 0.4) is 0 Å². The summed E-state index contributed by atoms with van der Waals surface area (Å²) in [6.07, 6.45) is -1.90. The Bertz CT molecular complexity index is 520. The summed E-state index contributed by atoms with van der Waals surface area (Å²) in [5, 5.41) is 13.8. The molecule has 0 saturated heterocycles. The van der Waals surface area contributed by atoms with Gasteiger partial charge < -0.3 is 15.2 Å². The predicted octanol–water partition coefficient (Wildman–Crippen LogP) is 1.49. The fourth-order valence-corrected chi connectivity index (χ4v) is 1.60. The maximum absolute atomic E-state index is 13.7. The quantitative estimate of drug-likeness (QED) is 0.768. The molecule has 3 N–H and O–H groups in total. The zero-order valence-corrected chi connectivity index (χ0v) is 12.1. The highest BCUT2D eigenvalue weighted by Gasteiger charge is 2.18. The number of ether oxygens (including phenoxy) is 1. The fraction of sp³-hybridized carbons (Fsp3) is 0.429.